The van der Waals surface area contributed by atoms with Crippen LogP contribution in [0.1, 0.15) is 29.2 Å². The smallest absolute Gasteiger partial charge is 0.191 e. The maximum Gasteiger partial charge on any atom is 0.191 e. The van der Waals surface area contributed by atoms with Gasteiger partial charge < -0.3 is 9.97 Å². The number of hydrogen-bond donors (Lipinski definition) is 2. The standard InChI is InChI=1S/C34H33N8/c1-2-9-26-19-41(18-25(26)8-1)24-42(22-34-38-31-12-5-6-13-32(31)39-34)21-27-20-40(17-15-28(27)35-23-42)16-7-14-33-36-29-10-3-4-11-30(29)37-33/h1-6,8-13,23H,15-22,24H2,(H,36,37)(H,38,39)/q+1. The zero-order valence-electron chi connectivity index (χ0n) is 23.6. The Morgan fingerprint density at radius 3 is 2.26 bits per heavy atom. The van der Waals surface area contributed by atoms with Crippen molar-refractivity contribution in [2.45, 2.75) is 26.1 Å². The number of aromatic amines is 2. The molecule has 3 aromatic carbocycles. The Balaban J connectivity index is 1.02. The summed E-state index contributed by atoms with van der Waals surface area (Å²) in [6.45, 7) is 7.10. The molecule has 0 saturated carbocycles. The third-order valence-electron chi connectivity index (χ3n) is 8.64. The summed E-state index contributed by atoms with van der Waals surface area (Å²) in [7, 11) is 0. The summed E-state index contributed by atoms with van der Waals surface area (Å²) in [5, 5.41) is 0. The van der Waals surface area contributed by atoms with Gasteiger partial charge in [-0.15, -0.1) is 0 Å². The van der Waals surface area contributed by atoms with Gasteiger partial charge in [-0.25, -0.2) is 19.9 Å². The monoisotopic (exact) mass is 553 g/mol. The molecule has 8 rings (SSSR count). The molecule has 42 heavy (non-hydrogen) atoms. The van der Waals surface area contributed by atoms with E-state index in [1.165, 1.54) is 22.4 Å². The summed E-state index contributed by atoms with van der Waals surface area (Å²) >= 11 is 0. The van der Waals surface area contributed by atoms with Gasteiger partial charge in [0.25, 0.3) is 0 Å². The van der Waals surface area contributed by atoms with Crippen LogP contribution in [0.5, 0.6) is 0 Å². The third-order valence-corrected chi connectivity index (χ3v) is 8.64. The molecule has 8 heteroatoms. The molecule has 0 saturated heterocycles. The average Bonchev–Trinajstić information content (AvgIpc) is 3.72. The lowest BCUT2D eigenvalue weighted by Gasteiger charge is -2.41. The van der Waals surface area contributed by atoms with E-state index in [0.717, 1.165) is 90.6 Å². The second-order valence-corrected chi connectivity index (χ2v) is 11.8. The number of rotatable bonds is 5. The molecule has 5 heterocycles. The number of benzene rings is 3. The molecule has 1 atom stereocenters. The first kappa shape index (κ1) is 25.2. The summed E-state index contributed by atoms with van der Waals surface area (Å²) < 4.78 is 0.727. The van der Waals surface area contributed by atoms with Crippen LogP contribution < -0.4 is 0 Å². The summed E-state index contributed by atoms with van der Waals surface area (Å²) in [6.07, 6.45) is 3.16. The van der Waals surface area contributed by atoms with Crippen molar-refractivity contribution < 1.29 is 4.48 Å². The highest BCUT2D eigenvalue weighted by molar-refractivity contribution is 5.75. The van der Waals surface area contributed by atoms with Crippen LogP contribution in [0, 0.1) is 11.8 Å². The number of hydrogen-bond acceptors (Lipinski definition) is 5. The molecule has 0 radical (unpaired) electrons. The fourth-order valence-corrected chi connectivity index (χ4v) is 6.69. The van der Waals surface area contributed by atoms with Gasteiger partial charge in [-0.1, -0.05) is 54.5 Å². The maximum atomic E-state index is 5.11. The molecule has 208 valence electrons. The van der Waals surface area contributed by atoms with Gasteiger partial charge in [0, 0.05) is 38.2 Å². The quantitative estimate of drug-likeness (QED) is 0.243. The predicted molar refractivity (Wildman–Crippen MR) is 165 cm³/mol. The van der Waals surface area contributed by atoms with Gasteiger partial charge in [0.05, 0.1) is 34.3 Å². The molecule has 0 bridgehead atoms. The van der Waals surface area contributed by atoms with Crippen molar-refractivity contribution in [3.05, 3.63) is 107 Å². The van der Waals surface area contributed by atoms with Gasteiger partial charge in [-0.05, 0) is 41.3 Å². The van der Waals surface area contributed by atoms with Crippen molar-refractivity contribution in [2.24, 2.45) is 4.99 Å². The summed E-state index contributed by atoms with van der Waals surface area (Å²) in [5.41, 5.74) is 9.60. The highest BCUT2D eigenvalue weighted by atomic mass is 15.5. The van der Waals surface area contributed by atoms with Crippen LogP contribution in [-0.2, 0) is 19.6 Å². The van der Waals surface area contributed by atoms with Crippen LogP contribution in [0.15, 0.2) is 89.1 Å². The Kier molecular flexibility index (Phi) is 6.22. The van der Waals surface area contributed by atoms with E-state index in [1.54, 1.807) is 0 Å². The second kappa shape index (κ2) is 10.4. The Morgan fingerprint density at radius 1 is 0.786 bits per heavy atom. The third kappa shape index (κ3) is 4.92. The van der Waals surface area contributed by atoms with Gasteiger partial charge >= 0.3 is 0 Å². The minimum atomic E-state index is 0.711. The van der Waals surface area contributed by atoms with Crippen molar-refractivity contribution in [3.8, 4) is 11.8 Å². The fraction of sp³-hybridized carbons (Fsp3) is 0.265. The van der Waals surface area contributed by atoms with Crippen molar-refractivity contribution in [3.63, 3.8) is 0 Å². The van der Waals surface area contributed by atoms with Gasteiger partial charge in [0.15, 0.2) is 18.0 Å². The Morgan fingerprint density at radius 2 is 1.50 bits per heavy atom. The number of imidazole rings is 2. The minimum absolute atomic E-state index is 0.711. The molecule has 3 aliphatic rings. The molecular weight excluding hydrogens is 520 g/mol. The maximum absolute atomic E-state index is 5.11. The number of para-hydroxylation sites is 4. The number of quaternary nitrogens is 1. The summed E-state index contributed by atoms with van der Waals surface area (Å²) in [4.78, 5) is 26.6. The molecule has 0 spiro atoms. The van der Waals surface area contributed by atoms with Crippen LogP contribution in [-0.4, -0.2) is 73.4 Å². The number of nitrogens with zero attached hydrogens (tertiary/aromatic N) is 6. The van der Waals surface area contributed by atoms with Crippen LogP contribution in [0.2, 0.25) is 0 Å². The lowest BCUT2D eigenvalue weighted by Crippen LogP contribution is -2.55. The predicted octanol–water partition coefficient (Wildman–Crippen LogP) is 4.78. The molecular formula is C34H33N8+. The zero-order valence-corrected chi connectivity index (χ0v) is 23.6. The number of aliphatic imine (C=N–C) groups is 1. The SMILES string of the molecule is C(#Cc1nc2ccccc2[nH]1)CN1CCC2=C(C1)C[N+](Cc1nc3ccccc3[nH]1)(CN1Cc3ccccc3C1)C=N2. The van der Waals surface area contributed by atoms with E-state index in [4.69, 9.17) is 9.98 Å². The van der Waals surface area contributed by atoms with Crippen molar-refractivity contribution in [1.29, 1.82) is 0 Å². The number of H-pyrrole nitrogens is 2. The van der Waals surface area contributed by atoms with Crippen LogP contribution in [0.3, 0.4) is 0 Å². The van der Waals surface area contributed by atoms with E-state index in [0.29, 0.717) is 6.54 Å². The first-order chi connectivity index (χ1) is 20.7. The van der Waals surface area contributed by atoms with Crippen LogP contribution in [0.4, 0.5) is 0 Å². The van der Waals surface area contributed by atoms with Crippen molar-refractivity contribution in [2.75, 3.05) is 32.8 Å². The molecule has 3 aliphatic heterocycles. The molecule has 2 aromatic heterocycles. The molecule has 1 unspecified atom stereocenters. The fourth-order valence-electron chi connectivity index (χ4n) is 6.69. The molecule has 0 fully saturated rings. The molecule has 8 nitrogen and oxygen atoms in total. The number of aromatic nitrogens is 4. The Labute approximate surface area is 245 Å². The topological polar surface area (TPSA) is 76.2 Å². The largest absolute Gasteiger partial charge is 0.337 e. The summed E-state index contributed by atoms with van der Waals surface area (Å²) in [5.74, 6) is 8.34. The minimum Gasteiger partial charge on any atom is -0.337 e. The lowest BCUT2D eigenvalue weighted by molar-refractivity contribution is -0.857. The van der Waals surface area contributed by atoms with Crippen LogP contribution >= 0.6 is 0 Å². The Hall–Kier alpha value is -4.55. The molecule has 0 amide bonds. The first-order valence-corrected chi connectivity index (χ1v) is 14.7. The Bertz CT molecular complexity index is 1830. The van der Waals surface area contributed by atoms with E-state index in [2.05, 4.69) is 85.4 Å². The summed E-state index contributed by atoms with van der Waals surface area (Å²) in [6, 6.07) is 25.2. The van der Waals surface area contributed by atoms with E-state index in [9.17, 15) is 0 Å². The zero-order chi connectivity index (χ0) is 27.9. The van der Waals surface area contributed by atoms with Gasteiger partial charge in [0.1, 0.15) is 19.8 Å². The van der Waals surface area contributed by atoms with Crippen LogP contribution in [0.25, 0.3) is 22.1 Å². The van der Waals surface area contributed by atoms with E-state index < -0.39 is 0 Å². The van der Waals surface area contributed by atoms with E-state index in [-0.39, 0.29) is 0 Å². The average molecular weight is 554 g/mol. The molecule has 2 N–H and O–H groups in total. The number of nitrogens with one attached hydrogen (secondary N) is 2. The van der Waals surface area contributed by atoms with Gasteiger partial charge in [-0.3, -0.25) is 9.38 Å². The van der Waals surface area contributed by atoms with Crippen molar-refractivity contribution >= 4 is 28.4 Å². The van der Waals surface area contributed by atoms with E-state index >= 15 is 0 Å². The lowest BCUT2D eigenvalue weighted by atomic mass is 10.0. The molecule has 0 aliphatic carbocycles. The molecule has 5 aromatic rings. The second-order valence-electron chi connectivity index (χ2n) is 11.8. The van der Waals surface area contributed by atoms with E-state index in [1.807, 2.05) is 30.3 Å². The highest BCUT2D eigenvalue weighted by Gasteiger charge is 2.38. The van der Waals surface area contributed by atoms with Gasteiger partial charge in [0.2, 0.25) is 0 Å². The first-order valence-electron chi connectivity index (χ1n) is 14.7. The normalized spacial score (nSPS) is 20.6. The number of fused-ring (bicyclic) bond motifs is 3. The van der Waals surface area contributed by atoms with Crippen molar-refractivity contribution in [1.82, 2.24) is 29.7 Å². The van der Waals surface area contributed by atoms with Gasteiger partial charge in [-0.2, -0.15) is 0 Å². The highest BCUT2D eigenvalue weighted by Crippen LogP contribution is 2.31.